The van der Waals surface area contributed by atoms with E-state index in [1.807, 2.05) is 0 Å². The Kier molecular flexibility index (Phi) is 3.74. The molecule has 0 saturated heterocycles. The lowest BCUT2D eigenvalue weighted by molar-refractivity contribution is 0.530. The molecule has 9 heteroatoms. The summed E-state index contributed by atoms with van der Waals surface area (Å²) in [6.45, 7) is 0.183. The third-order valence-corrected chi connectivity index (χ3v) is 7.07. The number of anilines is 2. The number of sulfonamides is 1. The molecule has 6 nitrogen and oxygen atoms in total. The lowest BCUT2D eigenvalue weighted by atomic mass is 10.2. The summed E-state index contributed by atoms with van der Waals surface area (Å²) in [5.74, 6) is 0. The largest absolute Gasteiger partial charge is 0.755 e. The molecule has 0 aliphatic carbocycles. The summed E-state index contributed by atoms with van der Waals surface area (Å²) in [6, 6.07) is 9.79. The predicted octanol–water partition coefficient (Wildman–Crippen LogP) is 1.56. The van der Waals surface area contributed by atoms with Gasteiger partial charge < -0.3 is 4.55 Å². The van der Waals surface area contributed by atoms with E-state index in [-0.39, 0.29) is 17.3 Å². The molecule has 1 aromatic carbocycles. The summed E-state index contributed by atoms with van der Waals surface area (Å²) in [5, 5.41) is 1.70. The Labute approximate surface area is 129 Å². The molecule has 112 valence electrons. The Bertz CT molecular complexity index is 774. The van der Waals surface area contributed by atoms with Gasteiger partial charge in [-0.25, -0.2) is 8.42 Å². The molecule has 0 fully saturated rings. The van der Waals surface area contributed by atoms with E-state index in [1.165, 1.54) is 4.31 Å². The summed E-state index contributed by atoms with van der Waals surface area (Å²) in [5.41, 5.74) is 0.749. The number of nitrogens with zero attached hydrogens (tertiary/aromatic N) is 2. The lowest BCUT2D eigenvalue weighted by Crippen LogP contribution is -2.44. The first-order valence-electron chi connectivity index (χ1n) is 6.04. The van der Waals surface area contributed by atoms with Gasteiger partial charge in [0, 0.05) is 17.8 Å². The van der Waals surface area contributed by atoms with E-state index in [9.17, 15) is 17.2 Å². The molecule has 2 heterocycles. The van der Waals surface area contributed by atoms with Crippen LogP contribution in [0, 0.1) is 0 Å². The van der Waals surface area contributed by atoms with Gasteiger partial charge in [-0.15, -0.1) is 11.3 Å². The van der Waals surface area contributed by atoms with E-state index in [0.29, 0.717) is 11.4 Å². The van der Waals surface area contributed by atoms with Crippen molar-refractivity contribution in [3.8, 4) is 0 Å². The molecule has 0 spiro atoms. The molecule has 0 amide bonds. The Balaban J connectivity index is 2.10. The second kappa shape index (κ2) is 5.41. The molecular weight excluding hydrogens is 332 g/mol. The van der Waals surface area contributed by atoms with Crippen LogP contribution in [0.5, 0.6) is 0 Å². The van der Waals surface area contributed by atoms with Crippen LogP contribution in [0.2, 0.25) is 0 Å². The van der Waals surface area contributed by atoms with Gasteiger partial charge in [-0.05, 0) is 23.6 Å². The van der Waals surface area contributed by atoms with Crippen LogP contribution in [0.3, 0.4) is 0 Å². The fraction of sp³-hybridized carbons (Fsp3) is 0.167. The van der Waals surface area contributed by atoms with E-state index in [2.05, 4.69) is 0 Å². The Morgan fingerprint density at radius 2 is 1.81 bits per heavy atom. The average molecular weight is 343 g/mol. The Morgan fingerprint density at radius 3 is 2.43 bits per heavy atom. The first-order chi connectivity index (χ1) is 10.0. The number of hydrogen-bond donors (Lipinski definition) is 0. The smallest absolute Gasteiger partial charge is 0.273 e. The van der Waals surface area contributed by atoms with Crippen LogP contribution in [0.4, 0.5) is 11.4 Å². The number of thiophene rings is 1. The molecule has 3 rings (SSSR count). The number of rotatable bonds is 3. The van der Waals surface area contributed by atoms with Crippen LogP contribution in [-0.4, -0.2) is 30.3 Å². The van der Waals surface area contributed by atoms with Crippen molar-refractivity contribution in [2.24, 2.45) is 0 Å². The van der Waals surface area contributed by atoms with Crippen LogP contribution < -0.4 is 8.61 Å². The maximum atomic E-state index is 12.7. The monoisotopic (exact) mass is 343 g/mol. The van der Waals surface area contributed by atoms with Crippen molar-refractivity contribution >= 4 is 44.0 Å². The molecule has 21 heavy (non-hydrogen) atoms. The maximum Gasteiger partial charge on any atom is 0.273 e. The lowest BCUT2D eigenvalue weighted by Gasteiger charge is -2.38. The van der Waals surface area contributed by atoms with Crippen molar-refractivity contribution in [3.63, 3.8) is 0 Å². The highest BCUT2D eigenvalue weighted by molar-refractivity contribution is 7.94. The Hall–Kier alpha value is -1.42. The van der Waals surface area contributed by atoms with Gasteiger partial charge in [0.25, 0.3) is 10.0 Å². The summed E-state index contributed by atoms with van der Waals surface area (Å²) < 4.78 is 50.5. The van der Waals surface area contributed by atoms with Crippen LogP contribution in [0.25, 0.3) is 0 Å². The zero-order valence-electron chi connectivity index (χ0n) is 10.7. The normalized spacial score (nSPS) is 16.6. The quantitative estimate of drug-likeness (QED) is 0.792. The Morgan fingerprint density at radius 1 is 1.10 bits per heavy atom. The SMILES string of the molecule is O=S([O-])N1CCN(S(=O)(=O)c2cccs2)c2ccccc21. The molecule has 1 aliphatic heterocycles. The molecule has 1 aromatic heterocycles. The fourth-order valence-electron chi connectivity index (χ4n) is 2.23. The van der Waals surface area contributed by atoms with E-state index >= 15 is 0 Å². The summed E-state index contributed by atoms with van der Waals surface area (Å²) in [7, 11) is -3.66. The molecule has 0 bridgehead atoms. The van der Waals surface area contributed by atoms with Crippen LogP contribution in [0.15, 0.2) is 46.0 Å². The second-order valence-electron chi connectivity index (χ2n) is 4.32. The number of hydrogen-bond acceptors (Lipinski definition) is 5. The first-order valence-corrected chi connectivity index (χ1v) is 9.39. The minimum Gasteiger partial charge on any atom is -0.755 e. The highest BCUT2D eigenvalue weighted by Gasteiger charge is 2.32. The summed E-state index contributed by atoms with van der Waals surface area (Å²) in [4.78, 5) is 0. The third kappa shape index (κ3) is 2.46. The zero-order chi connectivity index (χ0) is 15.0. The fourth-order valence-corrected chi connectivity index (χ4v) is 5.35. The molecular formula is C12H11N2O4S3-. The predicted molar refractivity (Wildman–Crippen MR) is 81.6 cm³/mol. The molecule has 0 radical (unpaired) electrons. The van der Waals surface area contributed by atoms with Gasteiger partial charge in [-0.3, -0.25) is 12.8 Å². The highest BCUT2D eigenvalue weighted by atomic mass is 32.2. The van der Waals surface area contributed by atoms with Crippen LogP contribution in [0.1, 0.15) is 0 Å². The standard InChI is InChI=1S/C12H12N2O4S3/c15-20(16)13-7-8-14(11-5-2-1-4-10(11)13)21(17,18)12-6-3-9-19-12/h1-6,9H,7-8H2,(H,15,16)/p-1. The molecule has 2 aromatic rings. The average Bonchev–Trinajstić information content (AvgIpc) is 3.00. The van der Waals surface area contributed by atoms with Gasteiger partial charge in [-0.2, -0.15) is 0 Å². The van der Waals surface area contributed by atoms with Crippen molar-refractivity contribution in [1.82, 2.24) is 0 Å². The van der Waals surface area contributed by atoms with E-state index < -0.39 is 21.3 Å². The number of para-hydroxylation sites is 2. The molecule has 1 aliphatic rings. The van der Waals surface area contributed by atoms with Crippen molar-refractivity contribution in [2.45, 2.75) is 4.21 Å². The van der Waals surface area contributed by atoms with Gasteiger partial charge >= 0.3 is 0 Å². The van der Waals surface area contributed by atoms with Crippen LogP contribution >= 0.6 is 11.3 Å². The summed E-state index contributed by atoms with van der Waals surface area (Å²) >= 11 is -1.29. The number of benzene rings is 1. The van der Waals surface area contributed by atoms with Gasteiger partial charge in [0.05, 0.1) is 17.9 Å². The van der Waals surface area contributed by atoms with Gasteiger partial charge in [0.2, 0.25) is 0 Å². The van der Waals surface area contributed by atoms with Gasteiger partial charge in [0.15, 0.2) is 0 Å². The molecule has 1 unspecified atom stereocenters. The van der Waals surface area contributed by atoms with E-state index in [1.54, 1.807) is 41.8 Å². The van der Waals surface area contributed by atoms with Crippen molar-refractivity contribution in [2.75, 3.05) is 21.7 Å². The third-order valence-electron chi connectivity index (χ3n) is 3.14. The second-order valence-corrected chi connectivity index (χ2v) is 8.23. The first kappa shape index (κ1) is 14.5. The van der Waals surface area contributed by atoms with Gasteiger partial charge in [0.1, 0.15) is 4.21 Å². The minimum absolute atomic E-state index is 0.0885. The molecule has 0 saturated carbocycles. The van der Waals surface area contributed by atoms with Crippen molar-refractivity contribution < 1.29 is 17.2 Å². The van der Waals surface area contributed by atoms with Crippen molar-refractivity contribution in [3.05, 3.63) is 41.8 Å². The molecule has 1 atom stereocenters. The minimum atomic E-state index is -3.66. The van der Waals surface area contributed by atoms with E-state index in [0.717, 1.165) is 15.6 Å². The summed E-state index contributed by atoms with van der Waals surface area (Å²) in [6.07, 6.45) is 0. The topological polar surface area (TPSA) is 80.8 Å². The zero-order valence-corrected chi connectivity index (χ0v) is 13.2. The van der Waals surface area contributed by atoms with Crippen LogP contribution in [-0.2, 0) is 21.3 Å². The highest BCUT2D eigenvalue weighted by Crippen LogP contribution is 2.37. The van der Waals surface area contributed by atoms with Gasteiger partial charge in [-0.1, -0.05) is 18.2 Å². The van der Waals surface area contributed by atoms with Crippen molar-refractivity contribution in [1.29, 1.82) is 0 Å². The molecule has 0 N–H and O–H groups in total. The number of fused-ring (bicyclic) bond motifs is 1. The van der Waals surface area contributed by atoms with E-state index in [4.69, 9.17) is 0 Å². The maximum absolute atomic E-state index is 12.7.